The van der Waals surface area contributed by atoms with Crippen LogP contribution in [0.15, 0.2) is 35.7 Å². The van der Waals surface area contributed by atoms with E-state index in [0.717, 1.165) is 16.3 Å². The molecule has 2 aromatic heterocycles. The molecule has 0 amide bonds. The molecule has 0 fully saturated rings. The quantitative estimate of drug-likeness (QED) is 0.751. The zero-order valence-electron chi connectivity index (χ0n) is 9.21. The first kappa shape index (κ1) is 10.2. The van der Waals surface area contributed by atoms with E-state index in [0.29, 0.717) is 11.6 Å². The van der Waals surface area contributed by atoms with Gasteiger partial charge < -0.3 is 0 Å². The minimum atomic E-state index is 0.700. The lowest BCUT2D eigenvalue weighted by atomic mass is 10.2. The normalized spacial score (nSPS) is 10.6. The van der Waals surface area contributed by atoms with Crippen LogP contribution in [-0.4, -0.2) is 20.2 Å². The SMILES string of the molecule is Cc1nc(-c2nc(-c3ccccc3)n[nH]2)cs1. The molecule has 0 saturated carbocycles. The first-order chi connectivity index (χ1) is 8.33. The van der Waals surface area contributed by atoms with E-state index in [1.54, 1.807) is 11.3 Å². The van der Waals surface area contributed by atoms with Gasteiger partial charge in [-0.25, -0.2) is 9.97 Å². The van der Waals surface area contributed by atoms with Gasteiger partial charge in [0.15, 0.2) is 11.6 Å². The number of nitrogens with zero attached hydrogens (tertiary/aromatic N) is 3. The van der Waals surface area contributed by atoms with Gasteiger partial charge in [-0.15, -0.1) is 11.3 Å². The fourth-order valence-corrected chi connectivity index (χ4v) is 2.16. The van der Waals surface area contributed by atoms with Crippen LogP contribution in [0.5, 0.6) is 0 Å². The molecule has 17 heavy (non-hydrogen) atoms. The third-order valence-corrected chi connectivity index (χ3v) is 3.15. The predicted octanol–water partition coefficient (Wildman–Crippen LogP) is 2.90. The maximum atomic E-state index is 4.44. The topological polar surface area (TPSA) is 54.5 Å². The van der Waals surface area contributed by atoms with Gasteiger partial charge in [-0.3, -0.25) is 5.10 Å². The largest absolute Gasteiger partial charge is 0.257 e. The first-order valence-electron chi connectivity index (χ1n) is 5.23. The van der Waals surface area contributed by atoms with E-state index in [1.165, 1.54) is 0 Å². The molecule has 0 aliphatic carbocycles. The molecule has 2 heterocycles. The summed E-state index contributed by atoms with van der Waals surface area (Å²) in [6.07, 6.45) is 0. The number of aromatic amines is 1. The second-order valence-electron chi connectivity index (χ2n) is 3.63. The summed E-state index contributed by atoms with van der Waals surface area (Å²) in [5.74, 6) is 1.42. The molecule has 0 bridgehead atoms. The number of aromatic nitrogens is 4. The van der Waals surface area contributed by atoms with Gasteiger partial charge in [0.25, 0.3) is 0 Å². The van der Waals surface area contributed by atoms with Crippen LogP contribution in [0.2, 0.25) is 0 Å². The Kier molecular flexibility index (Phi) is 2.45. The summed E-state index contributed by atoms with van der Waals surface area (Å²) in [6, 6.07) is 9.88. The van der Waals surface area contributed by atoms with Gasteiger partial charge in [0.1, 0.15) is 5.69 Å². The van der Waals surface area contributed by atoms with Crippen molar-refractivity contribution in [1.29, 1.82) is 0 Å². The molecule has 0 atom stereocenters. The highest BCUT2D eigenvalue weighted by atomic mass is 32.1. The predicted molar refractivity (Wildman–Crippen MR) is 67.7 cm³/mol. The lowest BCUT2D eigenvalue weighted by molar-refractivity contribution is 1.09. The highest BCUT2D eigenvalue weighted by Gasteiger charge is 2.09. The molecular formula is C12H10N4S. The summed E-state index contributed by atoms with van der Waals surface area (Å²) in [7, 11) is 0. The molecule has 0 radical (unpaired) electrons. The highest BCUT2D eigenvalue weighted by molar-refractivity contribution is 7.09. The van der Waals surface area contributed by atoms with Gasteiger partial charge in [0.2, 0.25) is 0 Å². The summed E-state index contributed by atoms with van der Waals surface area (Å²) in [5.41, 5.74) is 1.85. The fraction of sp³-hybridized carbons (Fsp3) is 0.0833. The smallest absolute Gasteiger partial charge is 0.181 e. The van der Waals surface area contributed by atoms with Crippen molar-refractivity contribution in [3.8, 4) is 22.9 Å². The van der Waals surface area contributed by atoms with Gasteiger partial charge in [0.05, 0.1) is 5.01 Å². The Bertz CT molecular complexity index is 627. The Morgan fingerprint density at radius 2 is 1.94 bits per heavy atom. The lowest BCUT2D eigenvalue weighted by Crippen LogP contribution is -1.81. The van der Waals surface area contributed by atoms with Crippen LogP contribution in [0.25, 0.3) is 22.9 Å². The number of hydrogen-bond donors (Lipinski definition) is 1. The summed E-state index contributed by atoms with van der Waals surface area (Å²) in [5, 5.41) is 10.1. The van der Waals surface area contributed by atoms with Crippen molar-refractivity contribution in [2.24, 2.45) is 0 Å². The third kappa shape index (κ3) is 1.97. The Morgan fingerprint density at radius 3 is 2.65 bits per heavy atom. The van der Waals surface area contributed by atoms with Crippen molar-refractivity contribution in [3.63, 3.8) is 0 Å². The van der Waals surface area contributed by atoms with Gasteiger partial charge in [0, 0.05) is 10.9 Å². The fourth-order valence-electron chi connectivity index (χ4n) is 1.56. The van der Waals surface area contributed by atoms with Crippen LogP contribution < -0.4 is 0 Å². The van der Waals surface area contributed by atoms with Crippen LogP contribution >= 0.6 is 11.3 Å². The maximum Gasteiger partial charge on any atom is 0.181 e. The molecule has 3 rings (SSSR count). The lowest BCUT2D eigenvalue weighted by Gasteiger charge is -1.91. The summed E-state index contributed by atoms with van der Waals surface area (Å²) >= 11 is 1.61. The summed E-state index contributed by atoms with van der Waals surface area (Å²) in [6.45, 7) is 1.97. The monoisotopic (exact) mass is 242 g/mol. The minimum Gasteiger partial charge on any atom is -0.257 e. The van der Waals surface area contributed by atoms with Crippen LogP contribution in [0.3, 0.4) is 0 Å². The van der Waals surface area contributed by atoms with Crippen LogP contribution in [-0.2, 0) is 0 Å². The molecule has 5 heteroatoms. The van der Waals surface area contributed by atoms with Gasteiger partial charge in [-0.1, -0.05) is 30.3 Å². The van der Waals surface area contributed by atoms with Crippen molar-refractivity contribution in [3.05, 3.63) is 40.7 Å². The average Bonchev–Trinajstić information content (AvgIpc) is 2.98. The average molecular weight is 242 g/mol. The Morgan fingerprint density at radius 1 is 1.12 bits per heavy atom. The van der Waals surface area contributed by atoms with Gasteiger partial charge >= 0.3 is 0 Å². The molecule has 3 aromatic rings. The number of thiazole rings is 1. The molecule has 0 aliphatic rings. The Balaban J connectivity index is 1.99. The second-order valence-corrected chi connectivity index (χ2v) is 4.69. The minimum absolute atomic E-state index is 0.700. The number of H-pyrrole nitrogens is 1. The molecule has 84 valence electrons. The number of aryl methyl sites for hydroxylation is 1. The zero-order valence-corrected chi connectivity index (χ0v) is 10.0. The summed E-state index contributed by atoms with van der Waals surface area (Å²) < 4.78 is 0. The zero-order chi connectivity index (χ0) is 11.7. The molecule has 1 aromatic carbocycles. The molecule has 1 N–H and O–H groups in total. The van der Waals surface area contributed by atoms with E-state index >= 15 is 0 Å². The molecule has 0 saturated heterocycles. The Labute approximate surface area is 102 Å². The number of nitrogens with one attached hydrogen (secondary N) is 1. The van der Waals surface area contributed by atoms with Gasteiger partial charge in [-0.2, -0.15) is 5.10 Å². The number of rotatable bonds is 2. The first-order valence-corrected chi connectivity index (χ1v) is 6.11. The van der Waals surface area contributed by atoms with E-state index in [-0.39, 0.29) is 0 Å². The van der Waals surface area contributed by atoms with E-state index in [1.807, 2.05) is 42.6 Å². The summed E-state index contributed by atoms with van der Waals surface area (Å²) in [4.78, 5) is 8.81. The van der Waals surface area contributed by atoms with Crippen LogP contribution in [0, 0.1) is 6.92 Å². The van der Waals surface area contributed by atoms with Crippen molar-refractivity contribution in [1.82, 2.24) is 20.2 Å². The van der Waals surface area contributed by atoms with Crippen molar-refractivity contribution in [2.75, 3.05) is 0 Å². The molecule has 0 aliphatic heterocycles. The molecule has 0 spiro atoms. The number of hydrogen-bond acceptors (Lipinski definition) is 4. The van der Waals surface area contributed by atoms with E-state index in [4.69, 9.17) is 0 Å². The molecule has 4 nitrogen and oxygen atoms in total. The molecule has 0 unspecified atom stereocenters. The van der Waals surface area contributed by atoms with Crippen molar-refractivity contribution < 1.29 is 0 Å². The van der Waals surface area contributed by atoms with Gasteiger partial charge in [-0.05, 0) is 6.92 Å². The van der Waals surface area contributed by atoms with Crippen LogP contribution in [0.1, 0.15) is 5.01 Å². The van der Waals surface area contributed by atoms with Crippen molar-refractivity contribution >= 4 is 11.3 Å². The third-order valence-electron chi connectivity index (χ3n) is 2.38. The van der Waals surface area contributed by atoms with Crippen LogP contribution in [0.4, 0.5) is 0 Å². The van der Waals surface area contributed by atoms with Crippen molar-refractivity contribution in [2.45, 2.75) is 6.92 Å². The Hall–Kier alpha value is -2.01. The second kappa shape index (κ2) is 4.10. The maximum absolute atomic E-state index is 4.44. The van der Waals surface area contributed by atoms with E-state index < -0.39 is 0 Å². The van der Waals surface area contributed by atoms with E-state index in [9.17, 15) is 0 Å². The molecular weight excluding hydrogens is 232 g/mol. The van der Waals surface area contributed by atoms with E-state index in [2.05, 4.69) is 20.2 Å². The number of benzene rings is 1. The highest BCUT2D eigenvalue weighted by Crippen LogP contribution is 2.20. The standard InChI is InChI=1S/C12H10N4S/c1-8-13-10(7-17-8)12-14-11(15-16-12)9-5-3-2-4-6-9/h2-7H,1H3,(H,14,15,16).